The molecule has 1 saturated carbocycles. The fourth-order valence-electron chi connectivity index (χ4n) is 3.20. The lowest BCUT2D eigenvalue weighted by atomic mass is 9.92. The SMILES string of the molecule is CCC1OCCC1C(=O)NC1(C(N)=NO)CCCC1. The number of amidine groups is 1. The molecule has 2 unspecified atom stereocenters. The Bertz CT molecular complexity index is 364. The molecule has 0 aromatic rings. The van der Waals surface area contributed by atoms with E-state index in [1.54, 1.807) is 0 Å². The van der Waals surface area contributed by atoms with E-state index < -0.39 is 5.54 Å². The van der Waals surface area contributed by atoms with Crippen LogP contribution in [0.5, 0.6) is 0 Å². The van der Waals surface area contributed by atoms with Crippen LogP contribution in [-0.2, 0) is 9.53 Å². The van der Waals surface area contributed by atoms with Crippen molar-refractivity contribution in [2.45, 2.75) is 57.1 Å². The van der Waals surface area contributed by atoms with Gasteiger partial charge in [0.15, 0.2) is 5.84 Å². The Morgan fingerprint density at radius 1 is 1.53 bits per heavy atom. The van der Waals surface area contributed by atoms with E-state index in [2.05, 4.69) is 10.5 Å². The molecule has 0 aromatic carbocycles. The van der Waals surface area contributed by atoms with Crippen molar-refractivity contribution in [3.05, 3.63) is 0 Å². The largest absolute Gasteiger partial charge is 0.409 e. The van der Waals surface area contributed by atoms with Gasteiger partial charge in [0, 0.05) is 6.61 Å². The number of hydrogen-bond donors (Lipinski definition) is 3. The maximum atomic E-state index is 12.4. The molecule has 0 aromatic heterocycles. The van der Waals surface area contributed by atoms with Crippen LogP contribution in [0.4, 0.5) is 0 Å². The second-order valence-electron chi connectivity index (χ2n) is 5.48. The molecule has 2 atom stereocenters. The number of oxime groups is 1. The smallest absolute Gasteiger partial charge is 0.226 e. The van der Waals surface area contributed by atoms with Gasteiger partial charge in [0.1, 0.15) is 5.54 Å². The first-order valence-corrected chi connectivity index (χ1v) is 7.04. The van der Waals surface area contributed by atoms with Crippen molar-refractivity contribution in [1.82, 2.24) is 5.32 Å². The van der Waals surface area contributed by atoms with Gasteiger partial charge >= 0.3 is 0 Å². The van der Waals surface area contributed by atoms with E-state index in [4.69, 9.17) is 15.7 Å². The molecule has 0 bridgehead atoms. The molecule has 0 radical (unpaired) electrons. The maximum Gasteiger partial charge on any atom is 0.226 e. The Morgan fingerprint density at radius 3 is 2.79 bits per heavy atom. The summed E-state index contributed by atoms with van der Waals surface area (Å²) in [6.07, 6.45) is 5.00. The van der Waals surface area contributed by atoms with Gasteiger partial charge < -0.3 is 21.0 Å². The molecular weight excluding hydrogens is 246 g/mol. The predicted octanol–water partition coefficient (Wildman–Crippen LogP) is 0.977. The molecule has 2 rings (SSSR count). The molecule has 1 heterocycles. The number of rotatable bonds is 4. The normalized spacial score (nSPS) is 30.5. The highest BCUT2D eigenvalue weighted by Crippen LogP contribution is 2.32. The van der Waals surface area contributed by atoms with E-state index in [1.807, 2.05) is 6.92 Å². The quantitative estimate of drug-likeness (QED) is 0.307. The minimum Gasteiger partial charge on any atom is -0.409 e. The van der Waals surface area contributed by atoms with Gasteiger partial charge in [0.2, 0.25) is 5.91 Å². The van der Waals surface area contributed by atoms with Crippen molar-refractivity contribution >= 4 is 11.7 Å². The number of ether oxygens (including phenoxy) is 1. The zero-order valence-electron chi connectivity index (χ0n) is 11.4. The zero-order valence-corrected chi connectivity index (χ0v) is 11.4. The summed E-state index contributed by atoms with van der Waals surface area (Å²) in [4.78, 5) is 12.4. The molecule has 6 nitrogen and oxygen atoms in total. The molecule has 2 fully saturated rings. The molecule has 108 valence electrons. The number of amides is 1. The lowest BCUT2D eigenvalue weighted by molar-refractivity contribution is -0.128. The third-order valence-corrected chi connectivity index (χ3v) is 4.37. The van der Waals surface area contributed by atoms with Gasteiger partial charge in [-0.25, -0.2) is 0 Å². The molecule has 1 amide bonds. The first-order chi connectivity index (χ1) is 9.13. The average Bonchev–Trinajstić information content (AvgIpc) is 3.06. The second kappa shape index (κ2) is 5.77. The minimum absolute atomic E-state index is 0.00857. The maximum absolute atomic E-state index is 12.4. The summed E-state index contributed by atoms with van der Waals surface area (Å²) in [6.45, 7) is 2.65. The summed E-state index contributed by atoms with van der Waals surface area (Å²) in [5.74, 6) is -0.0304. The van der Waals surface area contributed by atoms with E-state index >= 15 is 0 Å². The summed E-state index contributed by atoms with van der Waals surface area (Å²) in [5.41, 5.74) is 5.12. The molecule has 6 heteroatoms. The molecule has 1 aliphatic carbocycles. The van der Waals surface area contributed by atoms with E-state index in [0.717, 1.165) is 38.5 Å². The van der Waals surface area contributed by atoms with Crippen LogP contribution in [0.2, 0.25) is 0 Å². The van der Waals surface area contributed by atoms with Crippen molar-refractivity contribution < 1.29 is 14.7 Å². The van der Waals surface area contributed by atoms with Gasteiger partial charge in [-0.1, -0.05) is 24.9 Å². The molecule has 19 heavy (non-hydrogen) atoms. The summed E-state index contributed by atoms with van der Waals surface area (Å²) >= 11 is 0. The summed E-state index contributed by atoms with van der Waals surface area (Å²) in [7, 11) is 0. The van der Waals surface area contributed by atoms with Crippen molar-refractivity contribution in [3.63, 3.8) is 0 Å². The lowest BCUT2D eigenvalue weighted by Crippen LogP contribution is -2.57. The number of nitrogens with two attached hydrogens (primary N) is 1. The van der Waals surface area contributed by atoms with E-state index in [1.165, 1.54) is 0 Å². The minimum atomic E-state index is -0.660. The Kier molecular flexibility index (Phi) is 4.29. The van der Waals surface area contributed by atoms with Gasteiger partial charge in [0.25, 0.3) is 0 Å². The van der Waals surface area contributed by atoms with Crippen LogP contribution in [0.3, 0.4) is 0 Å². The summed E-state index contributed by atoms with van der Waals surface area (Å²) in [6, 6.07) is 0. The molecule has 4 N–H and O–H groups in total. The van der Waals surface area contributed by atoms with E-state index in [0.29, 0.717) is 6.61 Å². The van der Waals surface area contributed by atoms with Crippen LogP contribution < -0.4 is 11.1 Å². The standard InChI is InChI=1S/C13H23N3O3/c1-2-10-9(5-8-19-10)11(17)15-13(12(14)16-18)6-3-4-7-13/h9-10,18H,2-8H2,1H3,(H2,14,16)(H,15,17). The third-order valence-electron chi connectivity index (χ3n) is 4.37. The highest BCUT2D eigenvalue weighted by Gasteiger charge is 2.43. The van der Waals surface area contributed by atoms with Crippen LogP contribution in [0, 0.1) is 5.92 Å². The predicted molar refractivity (Wildman–Crippen MR) is 70.9 cm³/mol. The first kappa shape index (κ1) is 14.1. The fourth-order valence-corrected chi connectivity index (χ4v) is 3.20. The van der Waals surface area contributed by atoms with Crippen molar-refractivity contribution in [2.75, 3.05) is 6.61 Å². The Morgan fingerprint density at radius 2 is 2.21 bits per heavy atom. The van der Waals surface area contributed by atoms with Gasteiger partial charge in [-0.05, 0) is 25.7 Å². The molecule has 1 saturated heterocycles. The van der Waals surface area contributed by atoms with Crippen molar-refractivity contribution in [3.8, 4) is 0 Å². The monoisotopic (exact) mass is 269 g/mol. The van der Waals surface area contributed by atoms with Crippen LogP contribution in [0.15, 0.2) is 5.16 Å². The number of carbonyl (C=O) groups excluding carboxylic acids is 1. The zero-order chi connectivity index (χ0) is 13.9. The van der Waals surface area contributed by atoms with Crippen LogP contribution >= 0.6 is 0 Å². The van der Waals surface area contributed by atoms with Gasteiger partial charge in [-0.2, -0.15) is 0 Å². The fraction of sp³-hybridized carbons (Fsp3) is 0.846. The van der Waals surface area contributed by atoms with E-state index in [-0.39, 0.29) is 23.8 Å². The van der Waals surface area contributed by atoms with Crippen LogP contribution in [0.1, 0.15) is 45.4 Å². The summed E-state index contributed by atoms with van der Waals surface area (Å²) in [5, 5.41) is 15.0. The first-order valence-electron chi connectivity index (χ1n) is 7.04. The lowest BCUT2D eigenvalue weighted by Gasteiger charge is -2.30. The van der Waals surface area contributed by atoms with Gasteiger partial charge in [0.05, 0.1) is 12.0 Å². The average molecular weight is 269 g/mol. The molecule has 0 spiro atoms. The van der Waals surface area contributed by atoms with Crippen LogP contribution in [0.25, 0.3) is 0 Å². The topological polar surface area (TPSA) is 96.9 Å². The highest BCUT2D eigenvalue weighted by molar-refractivity contribution is 5.94. The number of nitrogens with one attached hydrogen (secondary N) is 1. The molecule has 1 aliphatic heterocycles. The molecular formula is C13H23N3O3. The van der Waals surface area contributed by atoms with Crippen LogP contribution in [-0.4, -0.2) is 35.2 Å². The molecule has 2 aliphatic rings. The summed E-state index contributed by atoms with van der Waals surface area (Å²) < 4.78 is 5.55. The van der Waals surface area contributed by atoms with Gasteiger partial charge in [-0.15, -0.1) is 0 Å². The Hall–Kier alpha value is -1.30. The third kappa shape index (κ3) is 2.68. The van der Waals surface area contributed by atoms with E-state index in [9.17, 15) is 4.79 Å². The number of carbonyl (C=O) groups is 1. The Labute approximate surface area is 113 Å². The highest BCUT2D eigenvalue weighted by atomic mass is 16.5. The second-order valence-corrected chi connectivity index (χ2v) is 5.48. The Balaban J connectivity index is 2.07. The van der Waals surface area contributed by atoms with Gasteiger partial charge in [-0.3, -0.25) is 4.79 Å². The van der Waals surface area contributed by atoms with Crippen molar-refractivity contribution in [1.29, 1.82) is 0 Å². The number of nitrogens with zero attached hydrogens (tertiary/aromatic N) is 1. The number of hydrogen-bond acceptors (Lipinski definition) is 4. The van der Waals surface area contributed by atoms with Crippen molar-refractivity contribution in [2.24, 2.45) is 16.8 Å².